The van der Waals surface area contributed by atoms with Gasteiger partial charge in [0.2, 0.25) is 5.79 Å². The lowest BCUT2D eigenvalue weighted by Crippen LogP contribution is -2.66. The Bertz CT molecular complexity index is 2490. The van der Waals surface area contributed by atoms with E-state index >= 15 is 4.39 Å². The first kappa shape index (κ1) is 46.9. The van der Waals surface area contributed by atoms with E-state index in [2.05, 4.69) is 45.0 Å². The monoisotopic (exact) mass is 902 g/mol. The van der Waals surface area contributed by atoms with E-state index in [0.29, 0.717) is 5.56 Å². The summed E-state index contributed by atoms with van der Waals surface area (Å²) in [6, 6.07) is 64.4. The van der Waals surface area contributed by atoms with Crippen molar-refractivity contribution in [3.63, 3.8) is 0 Å². The molecule has 5 atom stereocenters. The van der Waals surface area contributed by atoms with Gasteiger partial charge in [0, 0.05) is 5.56 Å². The summed E-state index contributed by atoms with van der Waals surface area (Å²) in [7, 11) is -3.04. The second kappa shape index (κ2) is 21.8. The van der Waals surface area contributed by atoms with Crippen LogP contribution >= 0.6 is 0 Å². The van der Waals surface area contributed by atoms with Gasteiger partial charge in [-0.1, -0.05) is 203 Å². The van der Waals surface area contributed by atoms with E-state index in [0.717, 1.165) is 32.6 Å². The molecule has 0 radical (unpaired) electrons. The molecule has 8 rings (SSSR count). The van der Waals surface area contributed by atoms with Gasteiger partial charge in [-0.3, -0.25) is 0 Å². The van der Waals surface area contributed by atoms with Crippen LogP contribution in [0.4, 0.5) is 4.39 Å². The first-order valence-corrected chi connectivity index (χ1v) is 24.6. The number of ether oxygens (including phenoxy) is 5. The van der Waals surface area contributed by atoms with Crippen molar-refractivity contribution in [2.45, 2.75) is 89.0 Å². The maximum atomic E-state index is 16.4. The number of aliphatic hydroxyl groups is 1. The van der Waals surface area contributed by atoms with Gasteiger partial charge in [0.15, 0.2) is 0 Å². The van der Waals surface area contributed by atoms with Crippen molar-refractivity contribution in [1.29, 1.82) is 0 Å². The Morgan fingerprint density at radius 1 is 0.515 bits per heavy atom. The van der Waals surface area contributed by atoms with Crippen molar-refractivity contribution in [2.24, 2.45) is 0 Å². The molecule has 0 amide bonds. The van der Waals surface area contributed by atoms with Crippen LogP contribution in [0.5, 0.6) is 0 Å². The molecule has 1 aliphatic rings. The highest BCUT2D eigenvalue weighted by atomic mass is 28.4. The third-order valence-electron chi connectivity index (χ3n) is 12.2. The number of benzene rings is 7. The summed E-state index contributed by atoms with van der Waals surface area (Å²) in [5, 5.41) is 15.3. The quantitative estimate of drug-likeness (QED) is 0.0811. The molecule has 0 spiro atoms. The number of rotatable bonds is 19. The first-order chi connectivity index (χ1) is 32.1. The molecule has 0 aliphatic carbocycles. The van der Waals surface area contributed by atoms with Crippen LogP contribution < -0.4 is 10.4 Å². The van der Waals surface area contributed by atoms with Crippen molar-refractivity contribution < 1.29 is 37.6 Å². The van der Waals surface area contributed by atoms with E-state index < -0.39 is 44.3 Å². The van der Waals surface area contributed by atoms with Gasteiger partial charge in [-0.25, -0.2) is 4.39 Å². The van der Waals surface area contributed by atoms with E-state index in [1.807, 2.05) is 158 Å². The zero-order valence-electron chi connectivity index (χ0n) is 37.9. The standard InChI is InChI=1S/C57H59FO7Si/c1-56(2,3)66(50-30-18-8-19-31-50,51-32-20-9-21-33-51)64-41-47-34-48(36-49(58)35-47)57(59)55(63-40-46-28-16-7-17-29-46)54(62-39-45-26-14-6-15-27-45)53(61-38-44-24-12-5-13-25-44)52(65-57)42-60-37-43-22-10-4-11-23-43/h4-36,52-55,59H,37-42H2,1-3H3/t52-,53-,54+,55-,57+/m1/s1. The summed E-state index contributed by atoms with van der Waals surface area (Å²) < 4.78 is 57.6. The number of hydrogen-bond donors (Lipinski definition) is 1. The summed E-state index contributed by atoms with van der Waals surface area (Å²) >= 11 is 0. The van der Waals surface area contributed by atoms with Gasteiger partial charge in [0.25, 0.3) is 8.32 Å². The van der Waals surface area contributed by atoms with Crippen molar-refractivity contribution in [1.82, 2.24) is 0 Å². The van der Waals surface area contributed by atoms with Gasteiger partial charge >= 0.3 is 0 Å². The average Bonchev–Trinajstić information content (AvgIpc) is 3.34. The Labute approximate surface area is 389 Å². The first-order valence-electron chi connectivity index (χ1n) is 22.7. The maximum Gasteiger partial charge on any atom is 0.261 e. The fraction of sp³-hybridized carbons (Fsp3) is 0.263. The fourth-order valence-electron chi connectivity index (χ4n) is 8.98. The highest BCUT2D eigenvalue weighted by Crippen LogP contribution is 2.43. The minimum atomic E-state index is -3.04. The molecule has 9 heteroatoms. The number of hydrogen-bond acceptors (Lipinski definition) is 7. The Balaban J connectivity index is 1.21. The van der Waals surface area contributed by atoms with Gasteiger partial charge in [-0.05, 0) is 61.4 Å². The molecule has 7 nitrogen and oxygen atoms in total. The Morgan fingerprint density at radius 2 is 0.939 bits per heavy atom. The Hall–Kier alpha value is -5.59. The third kappa shape index (κ3) is 11.1. The minimum Gasteiger partial charge on any atom is -0.403 e. The summed E-state index contributed by atoms with van der Waals surface area (Å²) in [5.41, 5.74) is 4.39. The lowest BCUT2D eigenvalue weighted by molar-refractivity contribution is -0.378. The van der Waals surface area contributed by atoms with E-state index in [4.69, 9.17) is 28.1 Å². The molecule has 66 heavy (non-hydrogen) atoms. The van der Waals surface area contributed by atoms with Gasteiger partial charge in [-0.2, -0.15) is 0 Å². The van der Waals surface area contributed by atoms with Crippen LogP contribution in [0, 0.1) is 5.82 Å². The van der Waals surface area contributed by atoms with E-state index in [1.54, 1.807) is 6.07 Å². The van der Waals surface area contributed by atoms with Crippen molar-refractivity contribution in [3.8, 4) is 0 Å². The molecule has 340 valence electrons. The minimum absolute atomic E-state index is 0.0202. The highest BCUT2D eigenvalue weighted by molar-refractivity contribution is 6.99. The van der Waals surface area contributed by atoms with Crippen LogP contribution in [0.1, 0.15) is 54.2 Å². The van der Waals surface area contributed by atoms with Crippen molar-refractivity contribution in [2.75, 3.05) is 6.61 Å². The van der Waals surface area contributed by atoms with Crippen molar-refractivity contribution >= 4 is 18.7 Å². The normalized spacial score (nSPS) is 20.0. The fourth-order valence-corrected chi connectivity index (χ4v) is 13.5. The molecule has 0 aromatic heterocycles. The lowest BCUT2D eigenvalue weighted by Gasteiger charge is -2.50. The topological polar surface area (TPSA) is 75.6 Å². The summed E-state index contributed by atoms with van der Waals surface area (Å²) in [5.74, 6) is -2.83. The van der Waals surface area contributed by atoms with Gasteiger partial charge in [0.05, 0.1) is 39.6 Å². The SMILES string of the molecule is CC(C)(C)[Si](OCc1cc(F)cc([C@]2(O)O[C@H](COCc3ccccc3)[C@@H](OCc3ccccc3)[C@H](OCc3ccccc3)[C@H]2OCc2ccccc2)c1)(c1ccccc1)c1ccccc1. The molecule has 0 unspecified atom stereocenters. The van der Waals surface area contributed by atoms with E-state index in [-0.39, 0.29) is 50.2 Å². The van der Waals surface area contributed by atoms with Gasteiger partial charge < -0.3 is 33.2 Å². The summed E-state index contributed by atoms with van der Waals surface area (Å²) in [4.78, 5) is 0. The summed E-state index contributed by atoms with van der Waals surface area (Å²) in [6.45, 7) is 7.48. The average molecular weight is 903 g/mol. The lowest BCUT2D eigenvalue weighted by atomic mass is 9.86. The molecular weight excluding hydrogens is 844 g/mol. The van der Waals surface area contributed by atoms with E-state index in [9.17, 15) is 5.11 Å². The molecule has 1 heterocycles. The largest absolute Gasteiger partial charge is 0.403 e. The molecule has 0 saturated carbocycles. The zero-order valence-corrected chi connectivity index (χ0v) is 38.9. The second-order valence-electron chi connectivity index (χ2n) is 17.9. The van der Waals surface area contributed by atoms with Crippen LogP contribution in [0.3, 0.4) is 0 Å². The molecule has 1 N–H and O–H groups in total. The maximum absolute atomic E-state index is 16.4. The van der Waals surface area contributed by atoms with Crippen LogP contribution in [0.2, 0.25) is 5.04 Å². The zero-order chi connectivity index (χ0) is 45.8. The van der Waals surface area contributed by atoms with Crippen LogP contribution in [-0.4, -0.2) is 44.4 Å². The van der Waals surface area contributed by atoms with Gasteiger partial charge in [-0.15, -0.1) is 0 Å². The predicted molar refractivity (Wildman–Crippen MR) is 259 cm³/mol. The smallest absolute Gasteiger partial charge is 0.261 e. The highest BCUT2D eigenvalue weighted by Gasteiger charge is 2.58. The Morgan fingerprint density at radius 3 is 1.41 bits per heavy atom. The second-order valence-corrected chi connectivity index (χ2v) is 22.2. The summed E-state index contributed by atoms with van der Waals surface area (Å²) in [6.07, 6.45) is -3.88. The van der Waals surface area contributed by atoms with E-state index in [1.165, 1.54) is 12.1 Å². The molecular formula is C57H59FO7Si. The van der Waals surface area contributed by atoms with Gasteiger partial charge in [0.1, 0.15) is 30.2 Å². The molecule has 1 aliphatic heterocycles. The van der Waals surface area contributed by atoms with Crippen LogP contribution in [0.25, 0.3) is 0 Å². The molecule has 7 aromatic rings. The van der Waals surface area contributed by atoms with Crippen LogP contribution in [0.15, 0.2) is 200 Å². The number of halogens is 1. The predicted octanol–water partition coefficient (Wildman–Crippen LogP) is 10.4. The molecule has 0 bridgehead atoms. The molecule has 1 saturated heterocycles. The Kier molecular flexibility index (Phi) is 15.5. The van der Waals surface area contributed by atoms with Crippen molar-refractivity contribution in [3.05, 3.63) is 239 Å². The third-order valence-corrected chi connectivity index (χ3v) is 17.2. The van der Waals surface area contributed by atoms with Crippen LogP contribution in [-0.2, 0) is 66.9 Å². The molecule has 7 aromatic carbocycles. The molecule has 1 fully saturated rings.